The first-order chi connectivity index (χ1) is 25.7. The van der Waals surface area contributed by atoms with E-state index < -0.39 is 5.41 Å². The molecule has 2 aromatic rings. The fourth-order valence-electron chi connectivity index (χ4n) is 10.9. The highest BCUT2D eigenvalue weighted by molar-refractivity contribution is 6.30. The minimum Gasteiger partial charge on any atom is -0.490 e. The highest BCUT2D eigenvalue weighted by Crippen LogP contribution is 2.54. The van der Waals surface area contributed by atoms with Gasteiger partial charge < -0.3 is 24.4 Å². The minimum atomic E-state index is -0.403. The number of methoxy groups -OCH3 is 1. The zero-order valence-corrected chi connectivity index (χ0v) is 32.4. The predicted octanol–water partition coefficient (Wildman–Crippen LogP) is 6.34. The molecule has 7 atom stereocenters. The van der Waals surface area contributed by atoms with Gasteiger partial charge in [0, 0.05) is 70.4 Å². The molecule has 5 aliphatic heterocycles. The summed E-state index contributed by atoms with van der Waals surface area (Å²) in [4.78, 5) is 21.5. The van der Waals surface area contributed by atoms with Crippen LogP contribution in [0.3, 0.4) is 0 Å². The van der Waals surface area contributed by atoms with Crippen molar-refractivity contribution in [3.05, 3.63) is 69.5 Å². The quantitative estimate of drug-likeness (QED) is 0.367. The fourth-order valence-corrected chi connectivity index (χ4v) is 11.1. The van der Waals surface area contributed by atoms with Gasteiger partial charge in [-0.05, 0) is 109 Å². The summed E-state index contributed by atoms with van der Waals surface area (Å²) in [6.07, 6.45) is 8.29. The van der Waals surface area contributed by atoms with Gasteiger partial charge in [-0.1, -0.05) is 37.6 Å². The number of hydrogen-bond donors (Lipinski definition) is 1. The molecule has 0 radical (unpaired) electrons. The normalized spacial score (nSPS) is 35.0. The molecule has 0 unspecified atom stereocenters. The molecule has 1 saturated carbocycles. The first-order valence-corrected chi connectivity index (χ1v) is 20.6. The summed E-state index contributed by atoms with van der Waals surface area (Å²) in [6, 6.07) is 10.2. The molecular weight excluding hydrogens is 691 g/mol. The van der Waals surface area contributed by atoms with E-state index in [4.69, 9.17) is 25.8 Å². The molecule has 3 fully saturated rings. The molecule has 5 heterocycles. The standard InChI is InChI=1S/C43H56ClFN4O4/c1-27-20-46-41(50)29-7-11-39-38(19-29)49(24-42(26-53-39)12-4-5-34-36(42)9-10-37(44)40(34)45)21-30-6-8-35(30)43(51-3,32-17-31(18-32)28(27)2)25-47-13-15-48(16-14-47)33-22-52-23-33/h7,9-11,17,19,27-28,30-31,33,35H,4-6,8,12-16,18,20-26H2,1-3H3,(H,46,50)/t27-,28+,30-,31-,35+,42-,43-/m0/s1. The molecule has 0 aromatic heterocycles. The lowest BCUT2D eigenvalue weighted by Crippen LogP contribution is -2.63. The van der Waals surface area contributed by atoms with Crippen LogP contribution in [-0.4, -0.2) is 107 Å². The maximum absolute atomic E-state index is 15.6. The number of anilines is 1. The van der Waals surface area contributed by atoms with E-state index in [2.05, 4.69) is 39.9 Å². The van der Waals surface area contributed by atoms with Crippen LogP contribution in [0, 0.1) is 35.4 Å². The maximum Gasteiger partial charge on any atom is 0.251 e. The summed E-state index contributed by atoms with van der Waals surface area (Å²) in [5.74, 6) is 2.44. The smallest absolute Gasteiger partial charge is 0.251 e. The van der Waals surface area contributed by atoms with Crippen molar-refractivity contribution in [1.82, 2.24) is 15.1 Å². The molecule has 286 valence electrons. The number of carbonyl (C=O) groups is 1. The van der Waals surface area contributed by atoms with Crippen LogP contribution < -0.4 is 15.0 Å². The Labute approximate surface area is 319 Å². The minimum absolute atomic E-state index is 0.0488. The number of benzene rings is 2. The van der Waals surface area contributed by atoms with Crippen LogP contribution in [0.4, 0.5) is 10.1 Å². The molecule has 10 heteroatoms. The van der Waals surface area contributed by atoms with E-state index in [1.807, 2.05) is 31.4 Å². The Morgan fingerprint density at radius 2 is 1.91 bits per heavy atom. The van der Waals surface area contributed by atoms with E-state index in [1.54, 1.807) is 6.07 Å². The third-order valence-corrected chi connectivity index (χ3v) is 15.1. The van der Waals surface area contributed by atoms with Gasteiger partial charge in [0.05, 0.1) is 36.6 Å². The van der Waals surface area contributed by atoms with Crippen LogP contribution >= 0.6 is 11.6 Å². The van der Waals surface area contributed by atoms with Gasteiger partial charge in [-0.15, -0.1) is 0 Å². The summed E-state index contributed by atoms with van der Waals surface area (Å²) < 4.78 is 34.8. The predicted molar refractivity (Wildman–Crippen MR) is 206 cm³/mol. The third-order valence-electron chi connectivity index (χ3n) is 14.8. The lowest BCUT2D eigenvalue weighted by molar-refractivity contribution is -0.117. The van der Waals surface area contributed by atoms with E-state index >= 15 is 4.39 Å². The zero-order chi connectivity index (χ0) is 36.5. The number of piperazine rings is 1. The highest BCUT2D eigenvalue weighted by atomic mass is 35.5. The van der Waals surface area contributed by atoms with E-state index in [-0.39, 0.29) is 22.3 Å². The SMILES string of the molecule is CO[C@@]1(CN2CCN(C3COC3)CC2)C2=C[C@@H](C2)[C@H](C)[C@@H](C)CNC(=O)c2ccc3c(c2)N(C[C@@H]2CC[C@H]21)C[C@@]1(CCCc2c1ccc(Cl)c2F)CO3. The van der Waals surface area contributed by atoms with Crippen molar-refractivity contribution in [2.45, 2.75) is 69.4 Å². The van der Waals surface area contributed by atoms with Crippen molar-refractivity contribution >= 4 is 23.2 Å². The second-order valence-electron chi connectivity index (χ2n) is 17.5. The van der Waals surface area contributed by atoms with E-state index in [0.29, 0.717) is 67.3 Å². The Hall–Kier alpha value is -2.69. The summed E-state index contributed by atoms with van der Waals surface area (Å²) in [5.41, 5.74) is 4.07. The van der Waals surface area contributed by atoms with Gasteiger partial charge in [-0.3, -0.25) is 14.6 Å². The summed E-state index contributed by atoms with van der Waals surface area (Å²) in [6.45, 7) is 14.1. The molecule has 1 spiro atoms. The lowest BCUT2D eigenvalue weighted by atomic mass is 9.57. The van der Waals surface area contributed by atoms with E-state index in [0.717, 1.165) is 107 Å². The molecule has 4 bridgehead atoms. The third kappa shape index (κ3) is 6.21. The van der Waals surface area contributed by atoms with Gasteiger partial charge in [-0.25, -0.2) is 4.39 Å². The number of carbonyl (C=O) groups excluding carboxylic acids is 1. The summed E-state index contributed by atoms with van der Waals surface area (Å²) in [5, 5.41) is 3.45. The Balaban J connectivity index is 1.08. The lowest BCUT2D eigenvalue weighted by Gasteiger charge is -2.56. The molecule has 8 aliphatic rings. The Morgan fingerprint density at radius 1 is 1.09 bits per heavy atom. The second-order valence-corrected chi connectivity index (χ2v) is 17.9. The van der Waals surface area contributed by atoms with Gasteiger partial charge >= 0.3 is 0 Å². The van der Waals surface area contributed by atoms with Gasteiger partial charge in [0.15, 0.2) is 0 Å². The van der Waals surface area contributed by atoms with Crippen LogP contribution in [0.5, 0.6) is 5.75 Å². The monoisotopic (exact) mass is 746 g/mol. The van der Waals surface area contributed by atoms with Crippen LogP contribution in [-0.2, 0) is 21.3 Å². The molecule has 3 aliphatic carbocycles. The number of nitrogens with zero attached hydrogens (tertiary/aromatic N) is 3. The number of rotatable bonds is 4. The molecule has 8 nitrogen and oxygen atoms in total. The van der Waals surface area contributed by atoms with Crippen LogP contribution in [0.25, 0.3) is 0 Å². The van der Waals surface area contributed by atoms with Crippen molar-refractivity contribution < 1.29 is 23.4 Å². The molecular formula is C43H56ClFN4O4. The average Bonchev–Trinajstić information content (AvgIpc) is 3.26. The van der Waals surface area contributed by atoms with E-state index in [9.17, 15) is 4.79 Å². The Bertz CT molecular complexity index is 1760. The number of allylic oxidation sites excluding steroid dienone is 1. The summed E-state index contributed by atoms with van der Waals surface area (Å²) in [7, 11) is 1.96. The topological polar surface area (TPSA) is 66.5 Å². The van der Waals surface area contributed by atoms with E-state index in [1.165, 1.54) is 5.57 Å². The first kappa shape index (κ1) is 36.0. The van der Waals surface area contributed by atoms with Gasteiger partial charge in [0.2, 0.25) is 0 Å². The average molecular weight is 747 g/mol. The van der Waals surface area contributed by atoms with Crippen LogP contribution in [0.2, 0.25) is 5.02 Å². The van der Waals surface area contributed by atoms with Crippen LogP contribution in [0.1, 0.15) is 67.4 Å². The second kappa shape index (κ2) is 14.1. The zero-order valence-electron chi connectivity index (χ0n) is 31.7. The van der Waals surface area contributed by atoms with Crippen molar-refractivity contribution in [3.63, 3.8) is 0 Å². The number of amides is 1. The van der Waals surface area contributed by atoms with Crippen molar-refractivity contribution in [1.29, 1.82) is 0 Å². The molecule has 1 amide bonds. The van der Waals surface area contributed by atoms with Crippen LogP contribution in [0.15, 0.2) is 42.0 Å². The number of halogens is 2. The first-order valence-electron chi connectivity index (χ1n) is 20.3. The molecule has 1 N–H and O–H groups in total. The number of nitrogens with one attached hydrogen (secondary N) is 1. The largest absolute Gasteiger partial charge is 0.490 e. The molecule has 53 heavy (non-hydrogen) atoms. The fraction of sp³-hybridized carbons (Fsp3) is 0.651. The number of fused-ring (bicyclic) bond motifs is 6. The molecule has 10 rings (SSSR count). The Kier molecular flexibility index (Phi) is 9.58. The van der Waals surface area contributed by atoms with Crippen molar-refractivity contribution in [2.24, 2.45) is 29.6 Å². The highest BCUT2D eigenvalue weighted by Gasteiger charge is 2.54. The number of ether oxygens (including phenoxy) is 3. The van der Waals surface area contributed by atoms with Crippen molar-refractivity contribution in [2.75, 3.05) is 84.2 Å². The Morgan fingerprint density at radius 3 is 2.62 bits per heavy atom. The number of hydrogen-bond acceptors (Lipinski definition) is 7. The summed E-state index contributed by atoms with van der Waals surface area (Å²) >= 11 is 6.34. The molecule has 2 aromatic carbocycles. The van der Waals surface area contributed by atoms with Gasteiger partial charge in [0.1, 0.15) is 17.2 Å². The van der Waals surface area contributed by atoms with Gasteiger partial charge in [0.25, 0.3) is 5.91 Å². The molecule has 2 saturated heterocycles. The van der Waals surface area contributed by atoms with Gasteiger partial charge in [-0.2, -0.15) is 0 Å². The maximum atomic E-state index is 15.6. The van der Waals surface area contributed by atoms with Crippen molar-refractivity contribution in [3.8, 4) is 5.75 Å².